The van der Waals surface area contributed by atoms with Crippen molar-refractivity contribution >= 4 is 36.0 Å². The van der Waals surface area contributed by atoms with E-state index in [4.69, 9.17) is 14.2 Å². The third-order valence-electron chi connectivity index (χ3n) is 8.90. The van der Waals surface area contributed by atoms with E-state index in [9.17, 15) is 39.0 Å². The Hall–Kier alpha value is -3.78. The van der Waals surface area contributed by atoms with Crippen molar-refractivity contribution in [3.05, 3.63) is 0 Å². The van der Waals surface area contributed by atoms with Gasteiger partial charge in [0.05, 0.1) is 26.2 Å². The van der Waals surface area contributed by atoms with Crippen molar-refractivity contribution in [1.82, 2.24) is 39.6 Å². The van der Waals surface area contributed by atoms with Crippen LogP contribution in [-0.2, 0) is 33.4 Å². The molecule has 2 heterocycles. The van der Waals surface area contributed by atoms with Crippen LogP contribution in [0.15, 0.2) is 0 Å². The molecule has 0 spiro atoms. The Morgan fingerprint density at radius 2 is 0.684 bits per heavy atom. The molecule has 0 atom stereocenters. The molecule has 57 heavy (non-hydrogen) atoms. The molecule has 2 aliphatic rings. The van der Waals surface area contributed by atoms with Gasteiger partial charge in [-0.1, -0.05) is 0 Å². The maximum absolute atomic E-state index is 14.1. The molecule has 2 aliphatic heterocycles. The average molecular weight is 815 g/mol. The van der Waals surface area contributed by atoms with E-state index in [2.05, 4.69) is 5.32 Å². The lowest BCUT2D eigenvalue weighted by Crippen LogP contribution is -2.52. The number of hydrogen-bond acceptors (Lipinski definition) is 14. The molecule has 0 aromatic rings. The van der Waals surface area contributed by atoms with Crippen LogP contribution in [-0.4, -0.2) is 228 Å². The first-order valence-corrected chi connectivity index (χ1v) is 19.9. The highest BCUT2D eigenvalue weighted by Crippen LogP contribution is 2.12. The van der Waals surface area contributed by atoms with Gasteiger partial charge < -0.3 is 44.4 Å². The highest BCUT2D eigenvalue weighted by molar-refractivity contribution is 5.78. The summed E-state index contributed by atoms with van der Waals surface area (Å²) < 4.78 is 16.9. The molecule has 0 radical (unpaired) electrons. The Bertz CT molecular complexity index is 1260. The van der Waals surface area contributed by atoms with Crippen LogP contribution in [0.1, 0.15) is 62.3 Å². The smallest absolute Gasteiger partial charge is 0.407 e. The molecule has 2 fully saturated rings. The zero-order valence-electron chi connectivity index (χ0n) is 35.8. The fourth-order valence-electron chi connectivity index (χ4n) is 6.17. The molecule has 19 heteroatoms. The van der Waals surface area contributed by atoms with Gasteiger partial charge in [-0.05, 0) is 62.3 Å². The SMILES string of the molecule is CC(C)(C)OC(=O)CN1CCN(CC(=O)OC(C)(C)C)CCN(CC(=O)N2CCN(C(=O)O)CCNCCN(C(=O)O)CC2)CCN(CC(=O)OC(C)(C)C)CC1. The van der Waals surface area contributed by atoms with Crippen LogP contribution in [0.25, 0.3) is 0 Å². The molecule has 3 N–H and O–H groups in total. The number of carboxylic acid groups (broad SMARTS) is 2. The Labute approximate surface area is 338 Å². The summed E-state index contributed by atoms with van der Waals surface area (Å²) >= 11 is 0. The predicted octanol–water partition coefficient (Wildman–Crippen LogP) is 0.625. The number of carbonyl (C=O) groups is 6. The first-order valence-electron chi connectivity index (χ1n) is 19.9. The molecule has 0 bridgehead atoms. The summed E-state index contributed by atoms with van der Waals surface area (Å²) in [5.41, 5.74) is -2.08. The maximum Gasteiger partial charge on any atom is 0.407 e. The van der Waals surface area contributed by atoms with E-state index in [-0.39, 0.29) is 71.4 Å². The molecule has 0 aromatic heterocycles. The Morgan fingerprint density at radius 1 is 0.421 bits per heavy atom. The summed E-state index contributed by atoms with van der Waals surface area (Å²) in [5.74, 6) is -1.54. The van der Waals surface area contributed by atoms with Crippen molar-refractivity contribution in [1.29, 1.82) is 0 Å². The summed E-state index contributed by atoms with van der Waals surface area (Å²) in [6.07, 6.45) is -2.23. The number of nitrogens with zero attached hydrogens (tertiary/aromatic N) is 7. The Kier molecular flexibility index (Phi) is 19.9. The van der Waals surface area contributed by atoms with Crippen LogP contribution in [0.5, 0.6) is 0 Å². The minimum Gasteiger partial charge on any atom is -0.465 e. The van der Waals surface area contributed by atoms with Gasteiger partial charge in [0.2, 0.25) is 5.91 Å². The van der Waals surface area contributed by atoms with Crippen LogP contribution in [0.2, 0.25) is 0 Å². The van der Waals surface area contributed by atoms with Crippen LogP contribution in [0, 0.1) is 0 Å². The van der Waals surface area contributed by atoms with Crippen LogP contribution in [0.3, 0.4) is 0 Å². The number of carbonyl (C=O) groups excluding carboxylic acids is 4. The lowest BCUT2D eigenvalue weighted by Gasteiger charge is -2.35. The first-order chi connectivity index (χ1) is 26.4. The zero-order valence-corrected chi connectivity index (χ0v) is 35.8. The third-order valence-corrected chi connectivity index (χ3v) is 8.90. The van der Waals surface area contributed by atoms with E-state index in [1.54, 1.807) is 62.3 Å². The molecule has 328 valence electrons. The molecule has 0 aromatic carbocycles. The van der Waals surface area contributed by atoms with Gasteiger partial charge in [0.15, 0.2) is 0 Å². The normalized spacial score (nSPS) is 19.3. The lowest BCUT2D eigenvalue weighted by atomic mass is 10.2. The summed E-state index contributed by atoms with van der Waals surface area (Å²) in [6.45, 7) is 20.2. The Balaban J connectivity index is 2.41. The maximum atomic E-state index is 14.1. The van der Waals surface area contributed by atoms with Crippen LogP contribution in [0.4, 0.5) is 9.59 Å². The van der Waals surface area contributed by atoms with E-state index < -0.39 is 46.9 Å². The molecular weight excluding hydrogens is 744 g/mol. The third kappa shape index (κ3) is 22.1. The topological polar surface area (TPSA) is 205 Å². The van der Waals surface area contributed by atoms with Gasteiger partial charge >= 0.3 is 30.1 Å². The summed E-state index contributed by atoms with van der Waals surface area (Å²) in [5, 5.41) is 22.7. The molecule has 2 saturated heterocycles. The highest BCUT2D eigenvalue weighted by atomic mass is 16.6. The fourth-order valence-corrected chi connectivity index (χ4v) is 6.17. The number of amides is 3. The second-order valence-electron chi connectivity index (χ2n) is 17.5. The van der Waals surface area contributed by atoms with E-state index in [0.29, 0.717) is 65.4 Å². The first kappa shape index (κ1) is 49.4. The van der Waals surface area contributed by atoms with Crippen molar-refractivity contribution in [3.63, 3.8) is 0 Å². The predicted molar refractivity (Wildman–Crippen MR) is 212 cm³/mol. The van der Waals surface area contributed by atoms with Gasteiger partial charge in [-0.15, -0.1) is 0 Å². The van der Waals surface area contributed by atoms with Gasteiger partial charge in [-0.2, -0.15) is 0 Å². The van der Waals surface area contributed by atoms with Gasteiger partial charge in [-0.25, -0.2) is 9.59 Å². The van der Waals surface area contributed by atoms with Crippen molar-refractivity contribution in [2.24, 2.45) is 0 Å². The number of esters is 3. The quantitative estimate of drug-likeness (QED) is 0.227. The Morgan fingerprint density at radius 3 is 0.947 bits per heavy atom. The zero-order chi connectivity index (χ0) is 43.0. The van der Waals surface area contributed by atoms with Crippen molar-refractivity contribution in [3.8, 4) is 0 Å². The molecule has 19 nitrogen and oxygen atoms in total. The van der Waals surface area contributed by atoms with E-state index >= 15 is 0 Å². The molecule has 0 saturated carbocycles. The van der Waals surface area contributed by atoms with Gasteiger partial charge in [-0.3, -0.25) is 38.8 Å². The number of hydrogen-bond donors (Lipinski definition) is 3. The number of nitrogens with one attached hydrogen (secondary N) is 1. The summed E-state index contributed by atoms with van der Waals surface area (Å²) in [4.78, 5) is 88.9. The van der Waals surface area contributed by atoms with E-state index in [0.717, 1.165) is 0 Å². The number of ether oxygens (including phenoxy) is 3. The minimum atomic E-state index is -1.11. The monoisotopic (exact) mass is 815 g/mol. The van der Waals surface area contributed by atoms with Crippen molar-refractivity contribution in [2.45, 2.75) is 79.1 Å². The molecular formula is C38H70N8O11. The second kappa shape index (κ2) is 23.0. The summed E-state index contributed by atoms with van der Waals surface area (Å²) in [6, 6.07) is 0. The summed E-state index contributed by atoms with van der Waals surface area (Å²) in [7, 11) is 0. The second-order valence-corrected chi connectivity index (χ2v) is 17.5. The molecule has 0 aliphatic carbocycles. The minimum absolute atomic E-state index is 0.00339. The largest absolute Gasteiger partial charge is 0.465 e. The van der Waals surface area contributed by atoms with Gasteiger partial charge in [0.25, 0.3) is 0 Å². The van der Waals surface area contributed by atoms with Crippen LogP contribution >= 0.6 is 0 Å². The lowest BCUT2D eigenvalue weighted by molar-refractivity contribution is -0.158. The molecule has 0 unspecified atom stereocenters. The number of rotatable bonds is 8. The standard InChI is InChI=1S/C38H70N8O11/c1-36(2,3)55-31(48)27-41-16-14-40(26-30(47)44-22-24-45(34(51)52)12-10-39-11-13-46(25-23-44)35(53)54)15-17-42(28-32(49)56-37(4,5)6)19-21-43(20-18-41)29-33(50)57-38(7,8)9/h39H,10-29H2,1-9H3,(H,51,52)(H,53,54). The van der Waals surface area contributed by atoms with Crippen molar-refractivity contribution in [2.75, 3.05) is 131 Å². The van der Waals surface area contributed by atoms with Gasteiger partial charge in [0.1, 0.15) is 16.8 Å². The highest BCUT2D eigenvalue weighted by Gasteiger charge is 2.28. The fraction of sp³-hybridized carbons (Fsp3) is 0.842. The van der Waals surface area contributed by atoms with E-state index in [1.807, 2.05) is 19.6 Å². The van der Waals surface area contributed by atoms with E-state index in [1.165, 1.54) is 14.7 Å². The van der Waals surface area contributed by atoms with Crippen LogP contribution < -0.4 is 5.32 Å². The molecule has 3 amide bonds. The average Bonchev–Trinajstić information content (AvgIpc) is 3.03. The molecule has 2 rings (SSSR count). The van der Waals surface area contributed by atoms with Gasteiger partial charge in [0, 0.05) is 105 Å². The van der Waals surface area contributed by atoms with Crippen molar-refractivity contribution < 1.29 is 53.2 Å².